The maximum absolute atomic E-state index is 12.4. The molecular weight excluding hydrogens is 302 g/mol. The number of rotatable bonds is 4. The molecule has 1 aromatic heterocycles. The zero-order valence-corrected chi connectivity index (χ0v) is 11.7. The van der Waals surface area contributed by atoms with Crippen molar-refractivity contribution in [2.75, 3.05) is 6.54 Å². The fourth-order valence-corrected chi connectivity index (χ4v) is 3.80. The molecule has 1 aromatic rings. The number of carboxylic acid groups (broad SMARTS) is 1. The Kier molecular flexibility index (Phi) is 4.19. The fourth-order valence-electron chi connectivity index (χ4n) is 2.21. The number of hydrogen-bond acceptors (Lipinski definition) is 6. The van der Waals surface area contributed by atoms with Gasteiger partial charge in [0.25, 0.3) is 0 Å². The summed E-state index contributed by atoms with van der Waals surface area (Å²) in [6.07, 6.45) is 2.33. The van der Waals surface area contributed by atoms with Crippen molar-refractivity contribution in [2.24, 2.45) is 0 Å². The van der Waals surface area contributed by atoms with Gasteiger partial charge in [0.15, 0.2) is 6.20 Å². The Morgan fingerprint density at radius 3 is 2.67 bits per heavy atom. The quantitative estimate of drug-likeness (QED) is 0.636. The topological polar surface area (TPSA) is 131 Å². The maximum Gasteiger partial charge on any atom is 0.363 e. The number of aliphatic carboxylic acids is 1. The van der Waals surface area contributed by atoms with Crippen molar-refractivity contribution in [2.45, 2.75) is 30.2 Å². The molecule has 1 atom stereocenters. The van der Waals surface area contributed by atoms with Crippen molar-refractivity contribution in [1.82, 2.24) is 9.29 Å². The molecule has 0 unspecified atom stereocenters. The van der Waals surface area contributed by atoms with Crippen molar-refractivity contribution in [1.29, 1.82) is 0 Å². The molecule has 0 spiro atoms. The van der Waals surface area contributed by atoms with E-state index in [1.165, 1.54) is 0 Å². The normalized spacial score (nSPS) is 20.1. The number of pyridine rings is 1. The van der Waals surface area contributed by atoms with Gasteiger partial charge in [-0.2, -0.15) is 4.31 Å². The van der Waals surface area contributed by atoms with E-state index in [2.05, 4.69) is 4.98 Å². The van der Waals surface area contributed by atoms with E-state index < -0.39 is 32.8 Å². The van der Waals surface area contributed by atoms with E-state index in [0.29, 0.717) is 12.8 Å². The third-order valence-corrected chi connectivity index (χ3v) is 5.14. The van der Waals surface area contributed by atoms with E-state index in [4.69, 9.17) is 5.11 Å². The summed E-state index contributed by atoms with van der Waals surface area (Å²) in [4.78, 5) is 24.2. The molecule has 0 aliphatic carbocycles. The van der Waals surface area contributed by atoms with Crippen LogP contribution in [0.1, 0.15) is 19.3 Å². The monoisotopic (exact) mass is 315 g/mol. The molecule has 2 rings (SSSR count). The van der Waals surface area contributed by atoms with Crippen molar-refractivity contribution in [3.8, 4) is 0 Å². The summed E-state index contributed by atoms with van der Waals surface area (Å²) >= 11 is 0. The molecular formula is C11H13N3O6S. The molecule has 114 valence electrons. The van der Waals surface area contributed by atoms with Gasteiger partial charge in [-0.1, -0.05) is 0 Å². The molecule has 1 aliphatic rings. The Balaban J connectivity index is 2.35. The summed E-state index contributed by atoms with van der Waals surface area (Å²) in [7, 11) is -4.03. The molecule has 21 heavy (non-hydrogen) atoms. The highest BCUT2D eigenvalue weighted by Gasteiger charge is 2.38. The number of hydrogen-bond donors (Lipinski definition) is 1. The highest BCUT2D eigenvalue weighted by atomic mass is 32.2. The number of aromatic nitrogens is 1. The highest BCUT2D eigenvalue weighted by Crippen LogP contribution is 2.25. The molecule has 1 aliphatic heterocycles. The molecule has 9 nitrogen and oxygen atoms in total. The number of piperidine rings is 1. The van der Waals surface area contributed by atoms with Gasteiger partial charge in [-0.3, -0.25) is 4.79 Å². The SMILES string of the molecule is O=C(O)[C@H]1CCCCN1S(=O)(=O)c1ccc([N+](=O)[O-])nc1. The molecule has 0 radical (unpaired) electrons. The standard InChI is InChI=1S/C11H13N3O6S/c15-11(16)9-3-1-2-6-13(9)21(19,20)8-4-5-10(12-7-8)14(17)18/h4-5,7,9H,1-3,6H2,(H,15,16)/t9-/m1/s1. The first-order chi connectivity index (χ1) is 9.84. The first kappa shape index (κ1) is 15.3. The minimum Gasteiger partial charge on any atom is -0.480 e. The van der Waals surface area contributed by atoms with Gasteiger partial charge in [0, 0.05) is 12.6 Å². The van der Waals surface area contributed by atoms with Crippen LogP contribution in [0.3, 0.4) is 0 Å². The van der Waals surface area contributed by atoms with Crippen LogP contribution in [-0.4, -0.2) is 46.3 Å². The van der Waals surface area contributed by atoms with Crippen molar-refractivity contribution >= 4 is 21.8 Å². The lowest BCUT2D eigenvalue weighted by molar-refractivity contribution is -0.389. The van der Waals surface area contributed by atoms with Crippen LogP contribution in [0.2, 0.25) is 0 Å². The molecule has 0 bridgehead atoms. The Hall–Kier alpha value is -2.07. The van der Waals surface area contributed by atoms with E-state index in [9.17, 15) is 23.3 Å². The minimum atomic E-state index is -4.03. The smallest absolute Gasteiger partial charge is 0.363 e. The first-order valence-electron chi connectivity index (χ1n) is 6.19. The zero-order valence-electron chi connectivity index (χ0n) is 10.9. The fraction of sp³-hybridized carbons (Fsp3) is 0.455. The van der Waals surface area contributed by atoms with Crippen LogP contribution in [-0.2, 0) is 14.8 Å². The van der Waals surface area contributed by atoms with E-state index >= 15 is 0 Å². The van der Waals surface area contributed by atoms with Crippen LogP contribution in [0.25, 0.3) is 0 Å². The van der Waals surface area contributed by atoms with Crippen LogP contribution < -0.4 is 0 Å². The lowest BCUT2D eigenvalue weighted by Gasteiger charge is -2.31. The predicted octanol–water partition coefficient (Wildman–Crippen LogP) is 0.618. The van der Waals surface area contributed by atoms with E-state index in [0.717, 1.165) is 22.6 Å². The molecule has 0 aromatic carbocycles. The van der Waals surface area contributed by atoms with E-state index in [1.807, 2.05) is 0 Å². The largest absolute Gasteiger partial charge is 0.480 e. The van der Waals surface area contributed by atoms with Gasteiger partial charge in [0.2, 0.25) is 10.0 Å². The van der Waals surface area contributed by atoms with Crippen LogP contribution in [0, 0.1) is 10.1 Å². The number of nitro groups is 1. The number of sulfonamides is 1. The summed E-state index contributed by atoms with van der Waals surface area (Å²) in [6, 6.07) is 0.930. The summed E-state index contributed by atoms with van der Waals surface area (Å²) in [5, 5.41) is 19.6. The van der Waals surface area contributed by atoms with Gasteiger partial charge in [-0.25, -0.2) is 8.42 Å². The van der Waals surface area contributed by atoms with Gasteiger partial charge in [-0.05, 0) is 35.2 Å². The number of carbonyl (C=O) groups is 1. The van der Waals surface area contributed by atoms with Crippen molar-refractivity contribution in [3.05, 3.63) is 28.4 Å². The van der Waals surface area contributed by atoms with Crippen molar-refractivity contribution < 1.29 is 23.2 Å². The molecule has 1 fully saturated rings. The third-order valence-electron chi connectivity index (χ3n) is 3.25. The molecule has 1 N–H and O–H groups in total. The Morgan fingerprint density at radius 2 is 2.14 bits per heavy atom. The molecule has 1 saturated heterocycles. The number of nitrogens with zero attached hydrogens (tertiary/aromatic N) is 3. The van der Waals surface area contributed by atoms with Crippen LogP contribution in [0.15, 0.2) is 23.2 Å². The summed E-state index contributed by atoms with van der Waals surface area (Å²) < 4.78 is 25.8. The number of carboxylic acids is 1. The summed E-state index contributed by atoms with van der Waals surface area (Å²) in [5.41, 5.74) is 0. The predicted molar refractivity (Wildman–Crippen MR) is 70.1 cm³/mol. The second-order valence-corrected chi connectivity index (χ2v) is 6.47. The second-order valence-electron chi connectivity index (χ2n) is 4.57. The van der Waals surface area contributed by atoms with Gasteiger partial charge >= 0.3 is 11.8 Å². The maximum atomic E-state index is 12.4. The lowest BCUT2D eigenvalue weighted by atomic mass is 10.1. The van der Waals surface area contributed by atoms with Crippen LogP contribution in [0.5, 0.6) is 0 Å². The second kappa shape index (κ2) is 5.74. The van der Waals surface area contributed by atoms with Crippen molar-refractivity contribution in [3.63, 3.8) is 0 Å². The Morgan fingerprint density at radius 1 is 1.43 bits per heavy atom. The molecule has 0 amide bonds. The third kappa shape index (κ3) is 3.00. The van der Waals surface area contributed by atoms with Gasteiger partial charge in [0.05, 0.1) is 0 Å². The minimum absolute atomic E-state index is 0.107. The van der Waals surface area contributed by atoms with Gasteiger partial charge < -0.3 is 15.2 Å². The summed E-state index contributed by atoms with van der Waals surface area (Å²) in [6.45, 7) is 0.107. The zero-order chi connectivity index (χ0) is 15.6. The molecule has 2 heterocycles. The van der Waals surface area contributed by atoms with Crippen LogP contribution >= 0.6 is 0 Å². The van der Waals surface area contributed by atoms with Crippen LogP contribution in [0.4, 0.5) is 5.82 Å². The Labute approximate surface area is 120 Å². The first-order valence-corrected chi connectivity index (χ1v) is 7.63. The average Bonchev–Trinajstić information content (AvgIpc) is 2.47. The average molecular weight is 315 g/mol. The lowest BCUT2D eigenvalue weighted by Crippen LogP contribution is -2.47. The molecule has 0 saturated carbocycles. The highest BCUT2D eigenvalue weighted by molar-refractivity contribution is 7.89. The Bertz CT molecular complexity index is 657. The van der Waals surface area contributed by atoms with E-state index in [1.54, 1.807) is 0 Å². The summed E-state index contributed by atoms with van der Waals surface area (Å²) in [5.74, 6) is -1.67. The molecule has 10 heteroatoms. The van der Waals surface area contributed by atoms with E-state index in [-0.39, 0.29) is 17.9 Å². The van der Waals surface area contributed by atoms with Gasteiger partial charge in [0.1, 0.15) is 10.9 Å². The van der Waals surface area contributed by atoms with Gasteiger partial charge in [-0.15, -0.1) is 0 Å².